The predicted octanol–water partition coefficient (Wildman–Crippen LogP) is 3.11. The Morgan fingerprint density at radius 1 is 1.22 bits per heavy atom. The lowest BCUT2D eigenvalue weighted by atomic mass is 9.75. The van der Waals surface area contributed by atoms with Crippen molar-refractivity contribution in [3.8, 4) is 11.3 Å². The highest BCUT2D eigenvalue weighted by Gasteiger charge is 2.40. The van der Waals surface area contributed by atoms with E-state index in [2.05, 4.69) is 33.1 Å². The number of hydrogen-bond acceptors (Lipinski definition) is 3. The molecule has 0 bridgehead atoms. The van der Waals surface area contributed by atoms with Crippen LogP contribution in [0.1, 0.15) is 45.6 Å². The van der Waals surface area contributed by atoms with Crippen molar-refractivity contribution in [3.05, 3.63) is 77.2 Å². The summed E-state index contributed by atoms with van der Waals surface area (Å²) in [5.41, 5.74) is 6.22. The number of fused-ring (bicyclic) bond motifs is 4. The fraction of sp³-hybridized carbons (Fsp3) is 0.273. The van der Waals surface area contributed by atoms with Gasteiger partial charge < -0.3 is 15.0 Å². The number of carbonyl (C=O) groups is 1. The molecule has 27 heavy (non-hydrogen) atoms. The van der Waals surface area contributed by atoms with Gasteiger partial charge in [0.2, 0.25) is 0 Å². The Hall–Kier alpha value is -2.92. The molecule has 2 aromatic carbocycles. The Bertz CT molecular complexity index is 1040. The van der Waals surface area contributed by atoms with Crippen LogP contribution in [0.4, 0.5) is 0 Å². The standard InChI is InChI=1S/C22H21N3O2/c1-23-22(27)14-7-8-15-13(10-14)6-9-18(21(15)26)20-17-5-3-2-4-16(17)19-11-24-12-25(19)20/h2-5,7-8,10-12,18,20-21,26H,6,9H2,1H3,(H,23,27)/t18-,20?,21-/m1/s1. The van der Waals surface area contributed by atoms with Gasteiger partial charge in [0, 0.05) is 24.1 Å². The first-order valence-electron chi connectivity index (χ1n) is 9.33. The number of aryl methyl sites for hydroxylation is 1. The van der Waals surface area contributed by atoms with E-state index >= 15 is 0 Å². The van der Waals surface area contributed by atoms with Gasteiger partial charge in [0.05, 0.1) is 30.4 Å². The topological polar surface area (TPSA) is 67.2 Å². The van der Waals surface area contributed by atoms with Gasteiger partial charge in [-0.05, 0) is 41.7 Å². The molecule has 1 aromatic heterocycles. The highest BCUT2D eigenvalue weighted by atomic mass is 16.3. The number of aromatic nitrogens is 2. The fourth-order valence-corrected chi connectivity index (χ4v) is 4.75. The minimum absolute atomic E-state index is 0.0694. The smallest absolute Gasteiger partial charge is 0.251 e. The molecule has 5 heteroatoms. The van der Waals surface area contributed by atoms with Crippen LogP contribution in [0.15, 0.2) is 55.0 Å². The number of nitrogens with zero attached hydrogens (tertiary/aromatic N) is 2. The van der Waals surface area contributed by atoms with Crippen LogP contribution in [-0.4, -0.2) is 27.6 Å². The molecule has 2 N–H and O–H groups in total. The SMILES string of the molecule is CNC(=O)c1ccc2c(c1)CC[C@H](C1c3ccccc3-c3cncn31)[C@@H]2O. The third-order valence-corrected chi connectivity index (χ3v) is 6.03. The van der Waals surface area contributed by atoms with Crippen molar-refractivity contribution in [1.29, 1.82) is 0 Å². The maximum atomic E-state index is 11.9. The number of aliphatic hydroxyl groups is 1. The zero-order valence-electron chi connectivity index (χ0n) is 15.1. The van der Waals surface area contributed by atoms with Crippen LogP contribution in [0.3, 0.4) is 0 Å². The summed E-state index contributed by atoms with van der Waals surface area (Å²) < 4.78 is 2.20. The maximum Gasteiger partial charge on any atom is 0.251 e. The van der Waals surface area contributed by atoms with E-state index in [0.29, 0.717) is 5.56 Å². The molecule has 3 atom stereocenters. The normalized spacial score (nSPS) is 22.7. The van der Waals surface area contributed by atoms with Crippen LogP contribution in [0.2, 0.25) is 0 Å². The molecule has 3 aromatic rings. The Morgan fingerprint density at radius 3 is 2.93 bits per heavy atom. The van der Waals surface area contributed by atoms with E-state index < -0.39 is 6.10 Å². The summed E-state index contributed by atoms with van der Waals surface area (Å²) in [4.78, 5) is 16.2. The number of rotatable bonds is 2. The Morgan fingerprint density at radius 2 is 2.07 bits per heavy atom. The second kappa shape index (κ2) is 6.06. The van der Waals surface area contributed by atoms with Gasteiger partial charge in [-0.2, -0.15) is 0 Å². The molecule has 0 saturated carbocycles. The monoisotopic (exact) mass is 359 g/mol. The van der Waals surface area contributed by atoms with E-state index in [9.17, 15) is 9.90 Å². The van der Waals surface area contributed by atoms with Crippen molar-refractivity contribution >= 4 is 5.91 Å². The molecule has 1 aliphatic carbocycles. The molecule has 5 rings (SSSR count). The largest absolute Gasteiger partial charge is 0.388 e. The molecule has 1 amide bonds. The number of hydrogen-bond donors (Lipinski definition) is 2. The molecule has 0 saturated heterocycles. The number of benzene rings is 2. The van der Waals surface area contributed by atoms with Gasteiger partial charge in [0.15, 0.2) is 0 Å². The Labute approximate surface area is 157 Å². The minimum atomic E-state index is -0.570. The predicted molar refractivity (Wildman–Crippen MR) is 102 cm³/mol. The zero-order chi connectivity index (χ0) is 18.5. The first kappa shape index (κ1) is 16.3. The highest BCUT2D eigenvalue weighted by molar-refractivity contribution is 5.94. The van der Waals surface area contributed by atoms with E-state index in [1.807, 2.05) is 30.7 Å². The molecule has 1 unspecified atom stereocenters. The van der Waals surface area contributed by atoms with Crippen molar-refractivity contribution in [1.82, 2.24) is 14.9 Å². The van der Waals surface area contributed by atoms with Crippen molar-refractivity contribution in [2.24, 2.45) is 5.92 Å². The first-order chi connectivity index (χ1) is 13.2. The molecule has 1 aliphatic heterocycles. The van der Waals surface area contributed by atoms with Crippen molar-refractivity contribution in [2.45, 2.75) is 25.0 Å². The molecule has 5 nitrogen and oxygen atoms in total. The number of nitrogens with one attached hydrogen (secondary N) is 1. The van der Waals surface area contributed by atoms with Crippen molar-refractivity contribution < 1.29 is 9.90 Å². The third-order valence-electron chi connectivity index (χ3n) is 6.03. The third kappa shape index (κ3) is 2.35. The molecular formula is C22H21N3O2. The van der Waals surface area contributed by atoms with Gasteiger partial charge in [-0.1, -0.05) is 30.3 Å². The number of carbonyl (C=O) groups excluding carboxylic acids is 1. The summed E-state index contributed by atoms with van der Waals surface area (Å²) in [5, 5.41) is 13.9. The van der Waals surface area contributed by atoms with Gasteiger partial charge >= 0.3 is 0 Å². The van der Waals surface area contributed by atoms with Crippen molar-refractivity contribution in [2.75, 3.05) is 7.05 Å². The summed E-state index contributed by atoms with van der Waals surface area (Å²) in [6.07, 6.45) is 4.92. The fourth-order valence-electron chi connectivity index (χ4n) is 4.75. The van der Waals surface area contributed by atoms with E-state index in [1.165, 1.54) is 11.1 Å². The summed E-state index contributed by atoms with van der Waals surface area (Å²) >= 11 is 0. The Kier molecular flexibility index (Phi) is 3.65. The lowest BCUT2D eigenvalue weighted by Crippen LogP contribution is -2.29. The van der Waals surface area contributed by atoms with Gasteiger partial charge in [-0.25, -0.2) is 4.98 Å². The Balaban J connectivity index is 1.54. The van der Waals surface area contributed by atoms with Crippen LogP contribution in [-0.2, 0) is 6.42 Å². The van der Waals surface area contributed by atoms with E-state index in [4.69, 9.17) is 0 Å². The molecular weight excluding hydrogens is 338 g/mol. The molecule has 2 heterocycles. The lowest BCUT2D eigenvalue weighted by molar-refractivity contribution is 0.0719. The average Bonchev–Trinajstić information content (AvgIpc) is 3.29. The molecule has 136 valence electrons. The van der Waals surface area contributed by atoms with Gasteiger partial charge in [0.1, 0.15) is 0 Å². The average molecular weight is 359 g/mol. The van der Waals surface area contributed by atoms with E-state index in [-0.39, 0.29) is 17.9 Å². The first-order valence-corrected chi connectivity index (χ1v) is 9.33. The summed E-state index contributed by atoms with van der Waals surface area (Å²) in [6.45, 7) is 0. The van der Waals surface area contributed by atoms with Gasteiger partial charge in [-0.15, -0.1) is 0 Å². The van der Waals surface area contributed by atoms with E-state index in [0.717, 1.165) is 29.7 Å². The summed E-state index contributed by atoms with van der Waals surface area (Å²) in [5.74, 6) is -0.0258. The van der Waals surface area contributed by atoms with Gasteiger partial charge in [-0.3, -0.25) is 4.79 Å². The van der Waals surface area contributed by atoms with Crippen molar-refractivity contribution in [3.63, 3.8) is 0 Å². The summed E-state index contributed by atoms with van der Waals surface area (Å²) in [6, 6.07) is 14.1. The van der Waals surface area contributed by atoms with Crippen LogP contribution < -0.4 is 5.32 Å². The number of aliphatic hydroxyl groups excluding tert-OH is 1. The second-order valence-electron chi connectivity index (χ2n) is 7.36. The van der Waals surface area contributed by atoms with Crippen LogP contribution in [0, 0.1) is 5.92 Å². The van der Waals surface area contributed by atoms with Gasteiger partial charge in [0.25, 0.3) is 5.91 Å². The highest BCUT2D eigenvalue weighted by Crippen LogP contribution is 2.49. The quantitative estimate of drug-likeness (QED) is 0.739. The van der Waals surface area contributed by atoms with Crippen LogP contribution in [0.5, 0.6) is 0 Å². The minimum Gasteiger partial charge on any atom is -0.388 e. The maximum absolute atomic E-state index is 11.9. The summed E-state index contributed by atoms with van der Waals surface area (Å²) in [7, 11) is 1.63. The molecule has 0 fully saturated rings. The number of imidazole rings is 1. The lowest BCUT2D eigenvalue weighted by Gasteiger charge is -2.35. The zero-order valence-corrected chi connectivity index (χ0v) is 15.1. The molecule has 2 aliphatic rings. The molecule has 0 spiro atoms. The van der Waals surface area contributed by atoms with Crippen LogP contribution in [0.25, 0.3) is 11.3 Å². The van der Waals surface area contributed by atoms with E-state index in [1.54, 1.807) is 13.1 Å². The molecule has 0 radical (unpaired) electrons. The van der Waals surface area contributed by atoms with Crippen LogP contribution >= 0.6 is 0 Å². The number of amides is 1. The second-order valence-corrected chi connectivity index (χ2v) is 7.36.